The summed E-state index contributed by atoms with van der Waals surface area (Å²) < 4.78 is 0. The largest absolute Gasteiger partial charge is 0.0516 e. The predicted molar refractivity (Wildman–Crippen MR) is 55.7 cm³/mol. The smallest absolute Gasteiger partial charge is 0.0159 e. The van der Waals surface area contributed by atoms with Crippen LogP contribution in [0.2, 0.25) is 0 Å². The van der Waals surface area contributed by atoms with E-state index in [1.807, 2.05) is 12.1 Å². The second-order valence-corrected chi connectivity index (χ2v) is 3.78. The highest BCUT2D eigenvalue weighted by atomic mass is 14.2. The first-order valence-corrected chi connectivity index (χ1v) is 4.65. The van der Waals surface area contributed by atoms with Gasteiger partial charge in [-0.2, -0.15) is 0 Å². The van der Waals surface area contributed by atoms with Gasteiger partial charge in [0.15, 0.2) is 0 Å². The maximum Gasteiger partial charge on any atom is 0.0159 e. The Kier molecular flexibility index (Phi) is 2.59. The summed E-state index contributed by atoms with van der Waals surface area (Å²) in [5.41, 5.74) is 1.82. The van der Waals surface area contributed by atoms with Crippen molar-refractivity contribution >= 4 is 0 Å². The number of hydrogen-bond acceptors (Lipinski definition) is 0. The van der Waals surface area contributed by atoms with Crippen LogP contribution in [0.15, 0.2) is 12.1 Å². The average molecular weight is 188 g/mol. The highest BCUT2D eigenvalue weighted by molar-refractivity contribution is 5.34. The monoisotopic (exact) mass is 188 g/mol. The molecule has 0 amide bonds. The molecule has 0 bridgehead atoms. The molecule has 8 radical (unpaired) electrons. The van der Waals surface area contributed by atoms with Crippen molar-refractivity contribution in [2.45, 2.75) is 19.3 Å². The first-order chi connectivity index (χ1) is 7.21. The predicted octanol–water partition coefficient (Wildman–Crippen LogP) is 2.41. The van der Waals surface area contributed by atoms with E-state index < -0.39 is 0 Å². The van der Waals surface area contributed by atoms with Crippen molar-refractivity contribution in [1.82, 2.24) is 0 Å². The van der Waals surface area contributed by atoms with Gasteiger partial charge in [0.2, 0.25) is 0 Å². The third kappa shape index (κ3) is 1.94. The molecule has 0 fully saturated rings. The van der Waals surface area contributed by atoms with E-state index in [9.17, 15) is 0 Å². The van der Waals surface area contributed by atoms with Crippen molar-refractivity contribution in [2.24, 2.45) is 0 Å². The van der Waals surface area contributed by atoms with Gasteiger partial charge in [0.1, 0.15) is 0 Å². The van der Waals surface area contributed by atoms with E-state index in [4.69, 9.17) is 0 Å². The minimum absolute atomic E-state index is 0.190. The highest BCUT2D eigenvalue weighted by Crippen LogP contribution is 2.29. The van der Waals surface area contributed by atoms with Crippen LogP contribution in [0.25, 0.3) is 0 Å². The summed E-state index contributed by atoms with van der Waals surface area (Å²) in [6.45, 7) is 4.18. The summed E-state index contributed by atoms with van der Waals surface area (Å²) in [6.07, 6.45) is 0. The van der Waals surface area contributed by atoms with E-state index in [1.165, 1.54) is 0 Å². The van der Waals surface area contributed by atoms with Gasteiger partial charge in [0, 0.05) is 5.41 Å². The lowest BCUT2D eigenvalue weighted by Gasteiger charge is -2.24. The molecule has 2 aromatic carbocycles. The standard InChI is InChI=1S/C15H8/c1-15(2,13-9-5-3-6-10-13)14-11-7-4-8-12-14/h9,11H,1-2H3. The summed E-state index contributed by atoms with van der Waals surface area (Å²) >= 11 is 0. The molecule has 0 saturated carbocycles. The van der Waals surface area contributed by atoms with Gasteiger partial charge < -0.3 is 0 Å². The van der Waals surface area contributed by atoms with E-state index in [0.717, 1.165) is 11.1 Å². The van der Waals surface area contributed by atoms with E-state index in [1.54, 1.807) is 0 Å². The fourth-order valence-electron chi connectivity index (χ4n) is 1.38. The Hall–Kier alpha value is -1.56. The van der Waals surface area contributed by atoms with Gasteiger partial charge in [-0.15, -0.1) is 0 Å². The molecular formula is C15H8. The van der Waals surface area contributed by atoms with Crippen LogP contribution in [0.5, 0.6) is 0 Å². The van der Waals surface area contributed by atoms with Gasteiger partial charge in [0.25, 0.3) is 0 Å². The quantitative estimate of drug-likeness (QED) is 0.679. The molecule has 0 aromatic heterocycles. The molecule has 0 aliphatic carbocycles. The Bertz CT molecular complexity index is 371. The number of benzene rings is 2. The van der Waals surface area contributed by atoms with Crippen LogP contribution in [0.4, 0.5) is 0 Å². The van der Waals surface area contributed by atoms with Crippen LogP contribution in [-0.4, -0.2) is 0 Å². The zero-order valence-electron chi connectivity index (χ0n) is 8.65. The van der Waals surface area contributed by atoms with Crippen molar-refractivity contribution in [3.63, 3.8) is 0 Å². The summed E-state index contributed by atoms with van der Waals surface area (Å²) in [5.74, 6) is 0. The topological polar surface area (TPSA) is 0 Å². The normalized spacial score (nSPS) is 11.3. The lowest BCUT2D eigenvalue weighted by atomic mass is 9.78. The molecule has 0 aliphatic heterocycles. The fourth-order valence-corrected chi connectivity index (χ4v) is 1.38. The fraction of sp³-hybridized carbons (Fsp3) is 0.200. The molecule has 0 nitrogen and oxygen atoms in total. The van der Waals surface area contributed by atoms with Crippen molar-refractivity contribution in [3.05, 3.63) is 71.8 Å². The number of rotatable bonds is 2. The summed E-state index contributed by atoms with van der Waals surface area (Å²) in [5, 5.41) is 0. The minimum Gasteiger partial charge on any atom is -0.0516 e. The second-order valence-electron chi connectivity index (χ2n) is 3.78. The van der Waals surface area contributed by atoms with Gasteiger partial charge in [-0.3, -0.25) is 0 Å². The van der Waals surface area contributed by atoms with E-state index >= 15 is 0 Å². The van der Waals surface area contributed by atoms with E-state index in [-0.39, 0.29) is 5.41 Å². The molecule has 0 spiro atoms. The van der Waals surface area contributed by atoms with E-state index in [2.05, 4.69) is 62.4 Å². The van der Waals surface area contributed by atoms with Crippen LogP contribution in [0.3, 0.4) is 0 Å². The molecule has 68 valence electrons. The summed E-state index contributed by atoms with van der Waals surface area (Å²) in [7, 11) is 0. The second kappa shape index (κ2) is 3.90. The molecule has 0 N–H and O–H groups in total. The maximum absolute atomic E-state index is 3.04. The van der Waals surface area contributed by atoms with Crippen LogP contribution >= 0.6 is 0 Å². The SMILES string of the molecule is CC(C)(c1[c][c][c][c]c1)c1[c][c][c][c]c1. The Morgan fingerprint density at radius 1 is 0.800 bits per heavy atom. The molecule has 0 atom stereocenters. The minimum atomic E-state index is -0.190. The maximum atomic E-state index is 3.04. The van der Waals surface area contributed by atoms with Crippen molar-refractivity contribution in [1.29, 1.82) is 0 Å². The van der Waals surface area contributed by atoms with Crippen molar-refractivity contribution in [3.8, 4) is 0 Å². The first-order valence-electron chi connectivity index (χ1n) is 4.65. The van der Waals surface area contributed by atoms with Gasteiger partial charge >= 0.3 is 0 Å². The molecule has 0 heterocycles. The molecule has 15 heavy (non-hydrogen) atoms. The van der Waals surface area contributed by atoms with Gasteiger partial charge in [0.05, 0.1) is 0 Å². The van der Waals surface area contributed by atoms with E-state index in [0.29, 0.717) is 0 Å². The molecular weight excluding hydrogens is 180 g/mol. The molecule has 0 saturated heterocycles. The third-order valence-electron chi connectivity index (χ3n) is 2.44. The zero-order valence-corrected chi connectivity index (χ0v) is 8.65. The average Bonchev–Trinajstić information content (AvgIpc) is 2.31. The lowest BCUT2D eigenvalue weighted by molar-refractivity contribution is 0.638. The Morgan fingerprint density at radius 2 is 1.27 bits per heavy atom. The van der Waals surface area contributed by atoms with Crippen LogP contribution in [0.1, 0.15) is 25.0 Å². The highest BCUT2D eigenvalue weighted by Gasteiger charge is 2.22. The molecule has 0 unspecified atom stereocenters. The molecule has 2 aromatic rings. The van der Waals surface area contributed by atoms with Gasteiger partial charge in [-0.05, 0) is 71.8 Å². The van der Waals surface area contributed by atoms with Gasteiger partial charge in [-0.1, -0.05) is 13.8 Å². The number of hydrogen-bond donors (Lipinski definition) is 0. The molecule has 0 aliphatic rings. The lowest BCUT2D eigenvalue weighted by Crippen LogP contribution is -2.19. The Balaban J connectivity index is 2.44. The molecule has 2 rings (SSSR count). The summed E-state index contributed by atoms with van der Waals surface area (Å²) in [6, 6.07) is 26.6. The van der Waals surface area contributed by atoms with Crippen LogP contribution in [0, 0.1) is 48.5 Å². The van der Waals surface area contributed by atoms with Crippen molar-refractivity contribution < 1.29 is 0 Å². The van der Waals surface area contributed by atoms with Crippen LogP contribution < -0.4 is 0 Å². The zero-order chi connectivity index (χ0) is 10.7. The Morgan fingerprint density at radius 3 is 1.60 bits per heavy atom. The van der Waals surface area contributed by atoms with Crippen LogP contribution in [-0.2, 0) is 5.41 Å². The van der Waals surface area contributed by atoms with Crippen molar-refractivity contribution in [2.75, 3.05) is 0 Å². The van der Waals surface area contributed by atoms with Gasteiger partial charge in [-0.25, -0.2) is 0 Å². The molecule has 0 heteroatoms. The first kappa shape index (κ1) is 9.97. The Labute approximate surface area is 91.6 Å². The summed E-state index contributed by atoms with van der Waals surface area (Å²) in [4.78, 5) is 0. The third-order valence-corrected chi connectivity index (χ3v) is 2.44.